The van der Waals surface area contributed by atoms with Crippen molar-refractivity contribution in [1.82, 2.24) is 14.7 Å². The normalized spacial score (nSPS) is 10.9. The molecule has 1 amide bonds. The Bertz CT molecular complexity index is 1060. The Labute approximate surface area is 171 Å². The topological polar surface area (TPSA) is 41.4 Å². The summed E-state index contributed by atoms with van der Waals surface area (Å²) in [6.45, 7) is 6.40. The maximum atomic E-state index is 14.3. The predicted molar refractivity (Wildman–Crippen MR) is 114 cm³/mol. The van der Waals surface area contributed by atoms with Crippen LogP contribution < -0.4 is 4.90 Å². The third kappa shape index (κ3) is 4.01. The highest BCUT2D eigenvalue weighted by molar-refractivity contribution is 5.94. The number of aromatic nitrogens is 2. The molecular formula is C23H27FN4O. The number of aryl methyl sites for hydroxylation is 2. The lowest BCUT2D eigenvalue weighted by molar-refractivity contribution is 0.0784. The van der Waals surface area contributed by atoms with Gasteiger partial charge in [0.25, 0.3) is 5.91 Å². The van der Waals surface area contributed by atoms with Crippen LogP contribution in [0.1, 0.15) is 32.9 Å². The molecule has 29 heavy (non-hydrogen) atoms. The molecule has 0 radical (unpaired) electrons. The number of anilines is 1. The van der Waals surface area contributed by atoms with E-state index in [1.807, 2.05) is 49.7 Å². The summed E-state index contributed by atoms with van der Waals surface area (Å²) in [6.07, 6.45) is 0. The molecule has 0 atom stereocenters. The van der Waals surface area contributed by atoms with Gasteiger partial charge in [-0.05, 0) is 50.6 Å². The van der Waals surface area contributed by atoms with Crippen LogP contribution in [0.25, 0.3) is 5.69 Å². The zero-order chi connectivity index (χ0) is 21.3. The van der Waals surface area contributed by atoms with E-state index in [0.717, 1.165) is 28.2 Å². The molecule has 5 nitrogen and oxygen atoms in total. The third-order valence-electron chi connectivity index (χ3n) is 5.20. The highest BCUT2D eigenvalue weighted by atomic mass is 19.1. The highest BCUT2D eigenvalue weighted by Crippen LogP contribution is 2.23. The Morgan fingerprint density at radius 1 is 1.07 bits per heavy atom. The summed E-state index contributed by atoms with van der Waals surface area (Å²) in [6, 6.07) is 12.6. The quantitative estimate of drug-likeness (QED) is 0.649. The molecule has 0 saturated heterocycles. The number of carbonyl (C=O) groups is 1. The fourth-order valence-corrected chi connectivity index (χ4v) is 3.47. The van der Waals surface area contributed by atoms with Crippen LogP contribution in [0.4, 0.5) is 10.1 Å². The molecule has 0 bridgehead atoms. The zero-order valence-electron chi connectivity index (χ0n) is 17.8. The van der Waals surface area contributed by atoms with Crippen molar-refractivity contribution >= 4 is 11.6 Å². The van der Waals surface area contributed by atoms with Gasteiger partial charge in [-0.1, -0.05) is 18.2 Å². The summed E-state index contributed by atoms with van der Waals surface area (Å²) in [5, 5.41) is 4.68. The second kappa shape index (κ2) is 8.07. The summed E-state index contributed by atoms with van der Waals surface area (Å²) in [4.78, 5) is 16.1. The van der Waals surface area contributed by atoms with Gasteiger partial charge >= 0.3 is 0 Å². The Balaban J connectivity index is 1.86. The second-order valence-electron chi connectivity index (χ2n) is 7.57. The zero-order valence-corrected chi connectivity index (χ0v) is 17.8. The van der Waals surface area contributed by atoms with Crippen LogP contribution in [0.2, 0.25) is 0 Å². The van der Waals surface area contributed by atoms with Crippen molar-refractivity contribution < 1.29 is 9.18 Å². The number of carbonyl (C=O) groups excluding carboxylic acids is 1. The molecular weight excluding hydrogens is 367 g/mol. The lowest BCUT2D eigenvalue weighted by Crippen LogP contribution is -2.27. The molecule has 6 heteroatoms. The van der Waals surface area contributed by atoms with Gasteiger partial charge in [0.2, 0.25) is 0 Å². The predicted octanol–water partition coefficient (Wildman–Crippen LogP) is 4.27. The first-order valence-electron chi connectivity index (χ1n) is 9.54. The summed E-state index contributed by atoms with van der Waals surface area (Å²) in [5.74, 6) is -0.634. The van der Waals surface area contributed by atoms with Gasteiger partial charge in [0.1, 0.15) is 5.82 Å². The smallest absolute Gasteiger partial charge is 0.254 e. The van der Waals surface area contributed by atoms with Crippen molar-refractivity contribution in [2.45, 2.75) is 27.3 Å². The van der Waals surface area contributed by atoms with Crippen molar-refractivity contribution in [2.75, 3.05) is 26.0 Å². The van der Waals surface area contributed by atoms with Crippen LogP contribution >= 0.6 is 0 Å². The average Bonchev–Trinajstić information content (AvgIpc) is 2.95. The van der Waals surface area contributed by atoms with E-state index in [-0.39, 0.29) is 5.91 Å². The molecule has 3 aromatic rings. The second-order valence-corrected chi connectivity index (χ2v) is 7.57. The fraction of sp³-hybridized carbons (Fsp3) is 0.304. The Morgan fingerprint density at radius 2 is 1.76 bits per heavy atom. The minimum Gasteiger partial charge on any atom is -0.375 e. The SMILES string of the molecule is Cc1ccccc1-n1nc(C)c(CN(C)C(=O)c2ccc(N(C)C)c(F)c2)c1C. The minimum atomic E-state index is -0.408. The van der Waals surface area contributed by atoms with Crippen molar-refractivity contribution in [1.29, 1.82) is 0 Å². The van der Waals surface area contributed by atoms with E-state index in [1.54, 1.807) is 43.1 Å². The number of amides is 1. The van der Waals surface area contributed by atoms with Gasteiger partial charge in [-0.3, -0.25) is 4.79 Å². The largest absolute Gasteiger partial charge is 0.375 e. The monoisotopic (exact) mass is 394 g/mol. The third-order valence-corrected chi connectivity index (χ3v) is 5.20. The van der Waals surface area contributed by atoms with Crippen LogP contribution in [-0.2, 0) is 6.54 Å². The molecule has 152 valence electrons. The first-order chi connectivity index (χ1) is 13.7. The van der Waals surface area contributed by atoms with Crippen molar-refractivity contribution in [3.8, 4) is 5.69 Å². The van der Waals surface area contributed by atoms with E-state index < -0.39 is 5.82 Å². The molecule has 2 aromatic carbocycles. The maximum Gasteiger partial charge on any atom is 0.254 e. The van der Waals surface area contributed by atoms with Gasteiger partial charge in [-0.2, -0.15) is 5.10 Å². The first-order valence-corrected chi connectivity index (χ1v) is 9.54. The molecule has 0 fully saturated rings. The Morgan fingerprint density at radius 3 is 2.38 bits per heavy atom. The van der Waals surface area contributed by atoms with E-state index >= 15 is 0 Å². The lowest BCUT2D eigenvalue weighted by Gasteiger charge is -2.19. The molecule has 0 saturated carbocycles. The van der Waals surface area contributed by atoms with Gasteiger partial charge in [0, 0.05) is 44.5 Å². The summed E-state index contributed by atoms with van der Waals surface area (Å²) in [5.41, 5.74) is 5.80. The van der Waals surface area contributed by atoms with Crippen molar-refractivity contribution in [2.24, 2.45) is 0 Å². The van der Waals surface area contributed by atoms with E-state index in [1.165, 1.54) is 6.07 Å². The number of benzene rings is 2. The number of rotatable bonds is 5. The van der Waals surface area contributed by atoms with Crippen LogP contribution in [0.5, 0.6) is 0 Å². The van der Waals surface area contributed by atoms with Gasteiger partial charge in [-0.25, -0.2) is 9.07 Å². The molecule has 0 aliphatic heterocycles. The maximum absolute atomic E-state index is 14.3. The molecule has 1 aromatic heterocycles. The van der Waals surface area contributed by atoms with Gasteiger partial charge in [-0.15, -0.1) is 0 Å². The molecule has 0 spiro atoms. The van der Waals surface area contributed by atoms with E-state index in [4.69, 9.17) is 0 Å². The van der Waals surface area contributed by atoms with E-state index in [0.29, 0.717) is 17.8 Å². The van der Waals surface area contributed by atoms with Crippen LogP contribution in [0.15, 0.2) is 42.5 Å². The number of para-hydroxylation sites is 1. The minimum absolute atomic E-state index is 0.225. The molecule has 1 heterocycles. The van der Waals surface area contributed by atoms with Gasteiger partial charge in [0.05, 0.1) is 17.1 Å². The number of hydrogen-bond donors (Lipinski definition) is 0. The molecule has 0 aliphatic rings. The summed E-state index contributed by atoms with van der Waals surface area (Å²) >= 11 is 0. The molecule has 0 unspecified atom stereocenters. The van der Waals surface area contributed by atoms with Crippen molar-refractivity contribution in [3.63, 3.8) is 0 Å². The van der Waals surface area contributed by atoms with E-state index in [9.17, 15) is 9.18 Å². The standard InChI is InChI=1S/C23H27FN4O/c1-15-9-7-8-10-21(15)28-17(3)19(16(2)25-28)14-27(6)23(29)18-11-12-22(26(4)5)20(24)13-18/h7-13H,14H2,1-6H3. The fourth-order valence-electron chi connectivity index (χ4n) is 3.47. The highest BCUT2D eigenvalue weighted by Gasteiger charge is 2.20. The number of halogens is 1. The van der Waals surface area contributed by atoms with Crippen LogP contribution in [0, 0.1) is 26.6 Å². The molecule has 0 aliphatic carbocycles. The summed E-state index contributed by atoms with van der Waals surface area (Å²) < 4.78 is 16.2. The van der Waals surface area contributed by atoms with Gasteiger partial charge < -0.3 is 9.80 Å². The first kappa shape index (κ1) is 20.6. The van der Waals surface area contributed by atoms with Crippen LogP contribution in [0.3, 0.4) is 0 Å². The van der Waals surface area contributed by atoms with Crippen LogP contribution in [-0.4, -0.2) is 41.7 Å². The molecule has 0 N–H and O–H groups in total. The van der Waals surface area contributed by atoms with Crippen molar-refractivity contribution in [3.05, 3.63) is 76.4 Å². The van der Waals surface area contributed by atoms with E-state index in [2.05, 4.69) is 5.10 Å². The van der Waals surface area contributed by atoms with Gasteiger partial charge in [0.15, 0.2) is 0 Å². The number of nitrogens with zero attached hydrogens (tertiary/aromatic N) is 4. The Hall–Kier alpha value is -3.15. The Kier molecular flexibility index (Phi) is 5.73. The summed E-state index contributed by atoms with van der Waals surface area (Å²) in [7, 11) is 5.26. The lowest BCUT2D eigenvalue weighted by atomic mass is 10.1. The molecule has 3 rings (SSSR count). The average molecular weight is 394 g/mol. The number of hydrogen-bond acceptors (Lipinski definition) is 3.